The van der Waals surface area contributed by atoms with E-state index < -0.39 is 0 Å². The van der Waals surface area contributed by atoms with Crippen LogP contribution in [0.15, 0.2) is 35.9 Å². The molecule has 1 aromatic carbocycles. The van der Waals surface area contributed by atoms with E-state index in [1.165, 1.54) is 38.0 Å². The van der Waals surface area contributed by atoms with Crippen LogP contribution in [0.5, 0.6) is 0 Å². The second-order valence-electron chi connectivity index (χ2n) is 6.88. The summed E-state index contributed by atoms with van der Waals surface area (Å²) in [6.45, 7) is 12.5. The van der Waals surface area contributed by atoms with Gasteiger partial charge in [-0.2, -0.15) is 0 Å². The van der Waals surface area contributed by atoms with E-state index in [2.05, 4.69) is 31.7 Å². The molecule has 1 aromatic rings. The molecular weight excluding hydrogens is 275 g/mol. The van der Waals surface area contributed by atoms with Crippen molar-refractivity contribution in [3.63, 3.8) is 0 Å². The van der Waals surface area contributed by atoms with Gasteiger partial charge in [0.25, 0.3) is 0 Å². The summed E-state index contributed by atoms with van der Waals surface area (Å²) < 4.78 is 13.0. The van der Waals surface area contributed by atoms with Crippen LogP contribution in [0.25, 0.3) is 0 Å². The Morgan fingerprint density at radius 1 is 1.23 bits per heavy atom. The van der Waals surface area contributed by atoms with Crippen LogP contribution in [0.1, 0.15) is 33.6 Å². The molecule has 122 valence electrons. The van der Waals surface area contributed by atoms with E-state index in [4.69, 9.17) is 0 Å². The van der Waals surface area contributed by atoms with Gasteiger partial charge in [0.15, 0.2) is 0 Å². The molecule has 2 rings (SSSR count). The summed E-state index contributed by atoms with van der Waals surface area (Å²) in [6.07, 6.45) is 4.84. The molecule has 0 bridgehead atoms. The number of nitrogens with zero attached hydrogens (tertiary/aromatic N) is 1. The first-order valence-corrected chi connectivity index (χ1v) is 8.52. The van der Waals surface area contributed by atoms with Crippen molar-refractivity contribution < 1.29 is 9.29 Å². The van der Waals surface area contributed by atoms with Crippen LogP contribution >= 0.6 is 0 Å². The van der Waals surface area contributed by atoms with Gasteiger partial charge < -0.3 is 9.80 Å². The van der Waals surface area contributed by atoms with Crippen molar-refractivity contribution in [1.82, 2.24) is 0 Å². The Morgan fingerprint density at radius 3 is 2.45 bits per heavy atom. The molecule has 1 heterocycles. The first-order valence-electron chi connectivity index (χ1n) is 8.52. The normalized spacial score (nSPS) is 17.4. The topological polar surface area (TPSA) is 7.68 Å². The minimum absolute atomic E-state index is 0.154. The van der Waals surface area contributed by atoms with Gasteiger partial charge in [-0.05, 0) is 51.0 Å². The van der Waals surface area contributed by atoms with Gasteiger partial charge in [0.05, 0.1) is 32.7 Å². The fourth-order valence-electron chi connectivity index (χ4n) is 3.19. The third-order valence-corrected chi connectivity index (χ3v) is 4.51. The van der Waals surface area contributed by atoms with Crippen LogP contribution in [0.2, 0.25) is 0 Å². The predicted octanol–water partition coefficient (Wildman–Crippen LogP) is 2.91. The molecule has 1 atom stereocenters. The zero-order valence-electron chi connectivity index (χ0n) is 14.2. The number of nitrogens with one attached hydrogen (secondary N) is 1. The summed E-state index contributed by atoms with van der Waals surface area (Å²) in [5, 5.41) is 0. The molecule has 1 aliphatic rings. The molecule has 0 aromatic heterocycles. The van der Waals surface area contributed by atoms with Gasteiger partial charge in [0, 0.05) is 11.6 Å². The summed E-state index contributed by atoms with van der Waals surface area (Å²) in [4.78, 5) is 4.08. The second-order valence-corrected chi connectivity index (χ2v) is 6.88. The molecular formula is C19H30FN2+. The highest BCUT2D eigenvalue weighted by Gasteiger charge is 2.21. The minimum atomic E-state index is -0.154. The second kappa shape index (κ2) is 8.33. The quantitative estimate of drug-likeness (QED) is 0.794. The van der Waals surface area contributed by atoms with Crippen molar-refractivity contribution in [3.8, 4) is 0 Å². The number of allylic oxidation sites excluding steroid dienone is 2. The van der Waals surface area contributed by atoms with Crippen LogP contribution in [-0.4, -0.2) is 32.7 Å². The van der Waals surface area contributed by atoms with Crippen molar-refractivity contribution in [1.29, 1.82) is 0 Å². The molecule has 1 aliphatic heterocycles. The van der Waals surface area contributed by atoms with Crippen molar-refractivity contribution in [3.05, 3.63) is 41.7 Å². The lowest BCUT2D eigenvalue weighted by Crippen LogP contribution is -3.15. The molecule has 2 nitrogen and oxygen atoms in total. The molecule has 0 saturated carbocycles. The molecule has 0 amide bonds. The van der Waals surface area contributed by atoms with E-state index in [1.54, 1.807) is 17.0 Å². The van der Waals surface area contributed by atoms with E-state index in [9.17, 15) is 4.39 Å². The molecule has 1 saturated heterocycles. The van der Waals surface area contributed by atoms with Gasteiger partial charge in [0.2, 0.25) is 0 Å². The Bertz CT molecular complexity index is 469. The van der Waals surface area contributed by atoms with Crippen LogP contribution in [-0.2, 0) is 0 Å². The average molecular weight is 305 g/mol. The number of anilines is 1. The van der Waals surface area contributed by atoms with E-state index >= 15 is 0 Å². The van der Waals surface area contributed by atoms with E-state index in [0.29, 0.717) is 0 Å². The molecule has 22 heavy (non-hydrogen) atoms. The van der Waals surface area contributed by atoms with Crippen molar-refractivity contribution in [2.24, 2.45) is 5.92 Å². The number of quaternary nitrogens is 1. The number of hydrogen-bond acceptors (Lipinski definition) is 1. The Kier molecular flexibility index (Phi) is 6.44. The fraction of sp³-hybridized carbons (Fsp3) is 0.579. The Hall–Kier alpha value is -1.35. The summed E-state index contributed by atoms with van der Waals surface area (Å²) in [6, 6.07) is 6.89. The first-order chi connectivity index (χ1) is 10.5. The third-order valence-electron chi connectivity index (χ3n) is 4.51. The fourth-order valence-corrected chi connectivity index (χ4v) is 3.19. The number of piperazine rings is 1. The standard InChI is InChI=1S/C19H29FN2/c1-16(2)5-4-6-17(3)15-21-11-13-22(14-12-21)19-9-7-18(20)8-10-19/h5,7-10,17H,4,6,11-15H2,1-3H3/p+1/t17-/m0/s1. The molecule has 0 unspecified atom stereocenters. The highest BCUT2D eigenvalue weighted by atomic mass is 19.1. The number of halogens is 1. The lowest BCUT2D eigenvalue weighted by Gasteiger charge is -2.34. The first kappa shape index (κ1) is 17.0. The minimum Gasteiger partial charge on any atom is -0.360 e. The summed E-state index contributed by atoms with van der Waals surface area (Å²) in [5.41, 5.74) is 2.57. The van der Waals surface area contributed by atoms with Crippen LogP contribution in [0.4, 0.5) is 10.1 Å². The molecule has 1 fully saturated rings. The van der Waals surface area contributed by atoms with Crippen LogP contribution in [0, 0.1) is 11.7 Å². The van der Waals surface area contributed by atoms with Gasteiger partial charge >= 0.3 is 0 Å². The molecule has 0 radical (unpaired) electrons. The largest absolute Gasteiger partial charge is 0.360 e. The predicted molar refractivity (Wildman–Crippen MR) is 92.0 cm³/mol. The Balaban J connectivity index is 1.72. The lowest BCUT2D eigenvalue weighted by molar-refractivity contribution is -0.903. The van der Waals surface area contributed by atoms with E-state index in [0.717, 1.165) is 24.7 Å². The average Bonchev–Trinajstić information content (AvgIpc) is 2.48. The summed E-state index contributed by atoms with van der Waals surface area (Å²) >= 11 is 0. The number of rotatable bonds is 6. The molecule has 0 spiro atoms. The highest BCUT2D eigenvalue weighted by molar-refractivity contribution is 5.46. The van der Waals surface area contributed by atoms with Gasteiger partial charge in [-0.25, -0.2) is 4.39 Å². The van der Waals surface area contributed by atoms with Gasteiger partial charge in [-0.1, -0.05) is 18.6 Å². The SMILES string of the molecule is CC(C)=CCC[C@H](C)C[NH+]1CCN(c2ccc(F)cc2)CC1. The van der Waals surface area contributed by atoms with Crippen molar-refractivity contribution >= 4 is 5.69 Å². The maximum absolute atomic E-state index is 13.0. The maximum Gasteiger partial charge on any atom is 0.123 e. The van der Waals surface area contributed by atoms with Gasteiger partial charge in [-0.15, -0.1) is 0 Å². The van der Waals surface area contributed by atoms with Crippen molar-refractivity contribution in [2.75, 3.05) is 37.6 Å². The smallest absolute Gasteiger partial charge is 0.123 e. The zero-order chi connectivity index (χ0) is 15.9. The van der Waals surface area contributed by atoms with E-state index in [-0.39, 0.29) is 5.82 Å². The summed E-state index contributed by atoms with van der Waals surface area (Å²) in [7, 11) is 0. The lowest BCUT2D eigenvalue weighted by atomic mass is 10.0. The van der Waals surface area contributed by atoms with Crippen LogP contribution < -0.4 is 9.80 Å². The molecule has 0 aliphatic carbocycles. The maximum atomic E-state index is 13.0. The van der Waals surface area contributed by atoms with E-state index in [1.807, 2.05) is 12.1 Å². The van der Waals surface area contributed by atoms with Gasteiger partial charge in [-0.3, -0.25) is 0 Å². The van der Waals surface area contributed by atoms with Crippen molar-refractivity contribution in [2.45, 2.75) is 33.6 Å². The number of hydrogen-bond donors (Lipinski definition) is 1. The molecule has 1 N–H and O–H groups in total. The monoisotopic (exact) mass is 305 g/mol. The Morgan fingerprint density at radius 2 is 1.86 bits per heavy atom. The highest BCUT2D eigenvalue weighted by Crippen LogP contribution is 2.14. The number of benzene rings is 1. The van der Waals surface area contributed by atoms with Crippen LogP contribution in [0.3, 0.4) is 0 Å². The third kappa shape index (κ3) is 5.45. The van der Waals surface area contributed by atoms with Gasteiger partial charge in [0.1, 0.15) is 5.82 Å². The zero-order valence-corrected chi connectivity index (χ0v) is 14.2. The molecule has 3 heteroatoms. The Labute approximate surface area is 134 Å². The summed E-state index contributed by atoms with van der Waals surface area (Å²) in [5.74, 6) is 0.626.